The Balaban J connectivity index is 1.50. The molecule has 1 fully saturated rings. The molecule has 1 saturated heterocycles. The van der Waals surface area contributed by atoms with Gasteiger partial charge in [0.15, 0.2) is 0 Å². The Kier molecular flexibility index (Phi) is 4.60. The van der Waals surface area contributed by atoms with Gasteiger partial charge in [0.05, 0.1) is 11.3 Å². The predicted octanol–water partition coefficient (Wildman–Crippen LogP) is 3.19. The second-order valence-corrected chi connectivity index (χ2v) is 7.32. The molecule has 2 aromatic rings. The van der Waals surface area contributed by atoms with Crippen LogP contribution in [0.4, 0.5) is 5.69 Å². The average Bonchev–Trinajstić information content (AvgIpc) is 3.20. The number of fused-ring (bicyclic) bond motifs is 2. The lowest BCUT2D eigenvalue weighted by atomic mass is 10.0. The van der Waals surface area contributed by atoms with E-state index in [0.717, 1.165) is 37.1 Å². The van der Waals surface area contributed by atoms with Gasteiger partial charge in [0.1, 0.15) is 6.17 Å². The van der Waals surface area contributed by atoms with Crippen molar-refractivity contribution in [2.24, 2.45) is 0 Å². The molecule has 0 saturated carbocycles. The van der Waals surface area contributed by atoms with Crippen LogP contribution in [0.1, 0.15) is 51.6 Å². The number of nitrogens with zero attached hydrogens (tertiary/aromatic N) is 2. The van der Waals surface area contributed by atoms with Crippen LogP contribution in [0.15, 0.2) is 42.5 Å². The number of nitrogens with one attached hydrogen (secondary N) is 1. The van der Waals surface area contributed by atoms with Crippen molar-refractivity contribution < 1.29 is 9.59 Å². The summed E-state index contributed by atoms with van der Waals surface area (Å²) < 4.78 is 0. The average molecular weight is 363 g/mol. The fourth-order valence-corrected chi connectivity index (χ4v) is 4.03. The van der Waals surface area contributed by atoms with Crippen LogP contribution in [0.3, 0.4) is 0 Å². The fraction of sp³-hybridized carbons (Fsp3) is 0.364. The summed E-state index contributed by atoms with van der Waals surface area (Å²) in [5, 5.41) is 2.98. The normalized spacial score (nSPS) is 18.3. The summed E-state index contributed by atoms with van der Waals surface area (Å²) >= 11 is 0. The third-order valence-corrected chi connectivity index (χ3v) is 5.68. The van der Waals surface area contributed by atoms with Gasteiger partial charge in [-0.3, -0.25) is 9.59 Å². The van der Waals surface area contributed by atoms with Crippen LogP contribution in [-0.4, -0.2) is 36.5 Å². The first-order valence-electron chi connectivity index (χ1n) is 9.62. The molecule has 2 aliphatic rings. The molecule has 5 nitrogen and oxygen atoms in total. The maximum absolute atomic E-state index is 12.7. The van der Waals surface area contributed by atoms with Crippen molar-refractivity contribution in [3.8, 4) is 0 Å². The molecular weight excluding hydrogens is 338 g/mol. The highest BCUT2D eigenvalue weighted by Crippen LogP contribution is 2.35. The molecule has 0 aromatic heterocycles. The van der Waals surface area contributed by atoms with E-state index in [9.17, 15) is 9.59 Å². The van der Waals surface area contributed by atoms with Gasteiger partial charge in [-0.1, -0.05) is 31.2 Å². The van der Waals surface area contributed by atoms with Crippen LogP contribution < -0.4 is 10.2 Å². The van der Waals surface area contributed by atoms with Crippen molar-refractivity contribution >= 4 is 17.5 Å². The van der Waals surface area contributed by atoms with Gasteiger partial charge in [-0.05, 0) is 48.6 Å². The lowest BCUT2D eigenvalue weighted by Crippen LogP contribution is -2.50. The van der Waals surface area contributed by atoms with Gasteiger partial charge in [-0.25, -0.2) is 0 Å². The number of carbonyl (C=O) groups excluding carboxylic acids is 2. The minimum absolute atomic E-state index is 0.0774. The first-order valence-corrected chi connectivity index (χ1v) is 9.62. The zero-order valence-corrected chi connectivity index (χ0v) is 15.9. The second kappa shape index (κ2) is 7.06. The summed E-state index contributed by atoms with van der Waals surface area (Å²) in [5.74, 6) is -0.0411. The van der Waals surface area contributed by atoms with E-state index in [2.05, 4.69) is 29.3 Å². The van der Waals surface area contributed by atoms with E-state index in [1.165, 1.54) is 5.56 Å². The number of hydrogen-bond acceptors (Lipinski definition) is 3. The van der Waals surface area contributed by atoms with E-state index in [-0.39, 0.29) is 18.0 Å². The Morgan fingerprint density at radius 2 is 1.89 bits per heavy atom. The molecule has 0 unspecified atom stereocenters. The van der Waals surface area contributed by atoms with E-state index >= 15 is 0 Å². The molecule has 0 aliphatic carbocycles. The molecule has 2 amide bonds. The van der Waals surface area contributed by atoms with Gasteiger partial charge in [-0.2, -0.15) is 0 Å². The molecule has 5 heteroatoms. The Hall–Kier alpha value is -2.82. The fourth-order valence-electron chi connectivity index (χ4n) is 4.03. The molecule has 0 bridgehead atoms. The number of aryl methyl sites for hydroxylation is 1. The molecular formula is C22H25N3O2. The van der Waals surface area contributed by atoms with Crippen molar-refractivity contribution in [2.75, 3.05) is 18.5 Å². The van der Waals surface area contributed by atoms with Gasteiger partial charge >= 0.3 is 0 Å². The molecule has 1 atom stereocenters. The first kappa shape index (κ1) is 17.6. The zero-order chi connectivity index (χ0) is 19.0. The number of benzene rings is 2. The Labute approximate surface area is 160 Å². The quantitative estimate of drug-likeness (QED) is 0.908. The zero-order valence-electron chi connectivity index (χ0n) is 15.9. The molecule has 0 radical (unpaired) electrons. The summed E-state index contributed by atoms with van der Waals surface area (Å²) in [6, 6.07) is 13.7. The lowest BCUT2D eigenvalue weighted by molar-refractivity contribution is 0.0719. The minimum Gasteiger partial charge on any atom is -0.354 e. The largest absolute Gasteiger partial charge is 0.354 e. The third kappa shape index (κ3) is 3.18. The lowest BCUT2D eigenvalue weighted by Gasteiger charge is -2.40. The number of carbonyl (C=O) groups is 2. The number of rotatable bonds is 4. The standard InChI is InChI=1S/C22H25N3O2/c1-3-15-6-8-16(9-7-15)14-23-21(26)17-10-11-18-19(13-17)24(2)20-5-4-12-25(20)22(18)27/h6-11,13,20H,3-5,12,14H2,1-2H3,(H,23,26)/t20-/m0/s1. The van der Waals surface area contributed by atoms with Gasteiger partial charge in [0.2, 0.25) is 0 Å². The second-order valence-electron chi connectivity index (χ2n) is 7.32. The smallest absolute Gasteiger partial charge is 0.257 e. The van der Waals surface area contributed by atoms with Gasteiger partial charge in [-0.15, -0.1) is 0 Å². The van der Waals surface area contributed by atoms with Gasteiger partial charge in [0.25, 0.3) is 11.8 Å². The molecule has 27 heavy (non-hydrogen) atoms. The van der Waals surface area contributed by atoms with Crippen LogP contribution in [0.25, 0.3) is 0 Å². The molecule has 140 valence electrons. The number of anilines is 1. The number of hydrogen-bond donors (Lipinski definition) is 1. The maximum Gasteiger partial charge on any atom is 0.257 e. The SMILES string of the molecule is CCc1ccc(CNC(=O)c2ccc3c(c2)N(C)[C@@H]2CCCN2C3=O)cc1. The summed E-state index contributed by atoms with van der Waals surface area (Å²) in [4.78, 5) is 29.4. The van der Waals surface area contributed by atoms with E-state index in [0.29, 0.717) is 17.7 Å². The Morgan fingerprint density at radius 3 is 2.63 bits per heavy atom. The summed E-state index contributed by atoms with van der Waals surface area (Å²) in [7, 11) is 2.01. The van der Waals surface area contributed by atoms with Gasteiger partial charge in [0, 0.05) is 25.7 Å². The highest BCUT2D eigenvalue weighted by molar-refractivity contribution is 6.04. The van der Waals surface area contributed by atoms with Crippen molar-refractivity contribution in [2.45, 2.75) is 38.9 Å². The monoisotopic (exact) mass is 363 g/mol. The molecule has 2 aliphatic heterocycles. The van der Waals surface area contributed by atoms with Gasteiger partial charge < -0.3 is 15.1 Å². The predicted molar refractivity (Wildman–Crippen MR) is 106 cm³/mol. The van der Waals surface area contributed by atoms with Crippen molar-refractivity contribution in [1.29, 1.82) is 0 Å². The highest BCUT2D eigenvalue weighted by Gasteiger charge is 2.38. The maximum atomic E-state index is 12.7. The topological polar surface area (TPSA) is 52.7 Å². The molecule has 2 aromatic carbocycles. The van der Waals surface area contributed by atoms with Crippen molar-refractivity contribution in [3.05, 3.63) is 64.7 Å². The molecule has 4 rings (SSSR count). The minimum atomic E-state index is -0.118. The van der Waals surface area contributed by atoms with Crippen LogP contribution in [-0.2, 0) is 13.0 Å². The Morgan fingerprint density at radius 1 is 1.15 bits per heavy atom. The van der Waals surface area contributed by atoms with E-state index < -0.39 is 0 Å². The molecule has 0 spiro atoms. The van der Waals surface area contributed by atoms with Crippen LogP contribution in [0.2, 0.25) is 0 Å². The van der Waals surface area contributed by atoms with E-state index in [1.807, 2.05) is 30.1 Å². The van der Waals surface area contributed by atoms with E-state index in [4.69, 9.17) is 0 Å². The van der Waals surface area contributed by atoms with Crippen molar-refractivity contribution in [3.63, 3.8) is 0 Å². The summed E-state index contributed by atoms with van der Waals surface area (Å²) in [5.41, 5.74) is 4.48. The molecule has 2 heterocycles. The van der Waals surface area contributed by atoms with Crippen LogP contribution >= 0.6 is 0 Å². The van der Waals surface area contributed by atoms with Crippen LogP contribution in [0, 0.1) is 0 Å². The van der Waals surface area contributed by atoms with E-state index in [1.54, 1.807) is 12.1 Å². The molecule has 1 N–H and O–H groups in total. The number of amides is 2. The third-order valence-electron chi connectivity index (χ3n) is 5.68. The summed E-state index contributed by atoms with van der Waals surface area (Å²) in [6.45, 7) is 3.43. The Bertz CT molecular complexity index is 876. The highest BCUT2D eigenvalue weighted by atomic mass is 16.2. The van der Waals surface area contributed by atoms with Crippen molar-refractivity contribution in [1.82, 2.24) is 10.2 Å². The summed E-state index contributed by atoms with van der Waals surface area (Å²) in [6.07, 6.45) is 3.12. The first-order chi connectivity index (χ1) is 13.1. The van der Waals surface area contributed by atoms with Crippen LogP contribution in [0.5, 0.6) is 0 Å².